The van der Waals surface area contributed by atoms with Gasteiger partial charge in [-0.1, -0.05) is 66.7 Å². The Bertz CT molecular complexity index is 987. The van der Waals surface area contributed by atoms with Crippen LogP contribution in [0.25, 0.3) is 0 Å². The third-order valence-electron chi connectivity index (χ3n) is 6.34. The van der Waals surface area contributed by atoms with Gasteiger partial charge in [-0.15, -0.1) is 6.58 Å². The van der Waals surface area contributed by atoms with Gasteiger partial charge < -0.3 is 15.0 Å². The molecule has 2 aromatic rings. The van der Waals surface area contributed by atoms with Crippen LogP contribution in [0.3, 0.4) is 0 Å². The summed E-state index contributed by atoms with van der Waals surface area (Å²) in [7, 11) is 1.35. The van der Waals surface area contributed by atoms with Gasteiger partial charge in [0.05, 0.1) is 19.1 Å². The zero-order chi connectivity index (χ0) is 22.7. The third kappa shape index (κ3) is 4.05. The molecule has 6 heteroatoms. The molecule has 0 aromatic heterocycles. The molecule has 2 aromatic carbocycles. The van der Waals surface area contributed by atoms with E-state index in [1.165, 1.54) is 7.11 Å². The summed E-state index contributed by atoms with van der Waals surface area (Å²) in [5.41, 5.74) is 1.64. The van der Waals surface area contributed by atoms with Gasteiger partial charge in [-0.05, 0) is 24.0 Å². The van der Waals surface area contributed by atoms with Gasteiger partial charge in [0.2, 0.25) is 11.8 Å². The second-order valence-electron chi connectivity index (χ2n) is 8.34. The van der Waals surface area contributed by atoms with E-state index in [1.54, 1.807) is 11.0 Å². The Hall–Kier alpha value is -3.41. The Morgan fingerprint density at radius 1 is 1.03 bits per heavy atom. The summed E-state index contributed by atoms with van der Waals surface area (Å²) < 4.78 is 5.23. The van der Waals surface area contributed by atoms with Crippen LogP contribution in [0.5, 0.6) is 0 Å². The molecule has 2 aliphatic rings. The van der Waals surface area contributed by atoms with Gasteiger partial charge in [0.25, 0.3) is 0 Å². The molecule has 1 saturated carbocycles. The number of likely N-dealkylation sites (tertiary alicyclic amines) is 1. The molecule has 4 unspecified atom stereocenters. The van der Waals surface area contributed by atoms with Crippen LogP contribution >= 0.6 is 0 Å². The smallest absolute Gasteiger partial charge is 0.311 e. The lowest BCUT2D eigenvalue weighted by Gasteiger charge is -2.31. The lowest BCUT2D eigenvalue weighted by molar-refractivity contribution is -0.148. The van der Waals surface area contributed by atoms with Gasteiger partial charge in [0.15, 0.2) is 0 Å². The van der Waals surface area contributed by atoms with E-state index >= 15 is 0 Å². The maximum absolute atomic E-state index is 13.6. The number of nitrogens with zero attached hydrogens (tertiary/aromatic N) is 1. The number of carbonyl (C=O) groups excluding carboxylic acids is 3. The van der Waals surface area contributed by atoms with E-state index in [2.05, 4.69) is 11.9 Å². The SMILES string of the molecule is C=CCNC(=O)C1C(c2ccccc2)C(C(=O)OC)C(c2ccccc2)N1C(=O)C1CC1. The normalized spacial score (nSPS) is 24.6. The predicted molar refractivity (Wildman–Crippen MR) is 120 cm³/mol. The summed E-state index contributed by atoms with van der Waals surface area (Å²) >= 11 is 0. The Morgan fingerprint density at radius 2 is 1.62 bits per heavy atom. The van der Waals surface area contributed by atoms with Crippen molar-refractivity contribution in [2.75, 3.05) is 13.7 Å². The van der Waals surface area contributed by atoms with Gasteiger partial charge in [-0.3, -0.25) is 14.4 Å². The van der Waals surface area contributed by atoms with Gasteiger partial charge in [0, 0.05) is 18.4 Å². The van der Waals surface area contributed by atoms with Crippen LogP contribution in [0.15, 0.2) is 73.3 Å². The minimum absolute atomic E-state index is 0.0788. The average molecular weight is 433 g/mol. The molecule has 1 N–H and O–H groups in total. The molecule has 2 amide bonds. The Balaban J connectivity index is 1.91. The molecule has 2 fully saturated rings. The lowest BCUT2D eigenvalue weighted by Crippen LogP contribution is -2.49. The number of hydrogen-bond donors (Lipinski definition) is 1. The maximum Gasteiger partial charge on any atom is 0.311 e. The van der Waals surface area contributed by atoms with Crippen LogP contribution in [0.4, 0.5) is 0 Å². The van der Waals surface area contributed by atoms with E-state index in [4.69, 9.17) is 4.74 Å². The first-order chi connectivity index (χ1) is 15.6. The van der Waals surface area contributed by atoms with Crippen LogP contribution < -0.4 is 5.32 Å². The number of methoxy groups -OCH3 is 1. The van der Waals surface area contributed by atoms with E-state index in [1.807, 2.05) is 60.7 Å². The highest BCUT2D eigenvalue weighted by Gasteiger charge is 2.59. The predicted octanol–water partition coefficient (Wildman–Crippen LogP) is 3.22. The zero-order valence-corrected chi connectivity index (χ0v) is 18.1. The van der Waals surface area contributed by atoms with E-state index < -0.39 is 29.9 Å². The first-order valence-corrected chi connectivity index (χ1v) is 11.0. The number of rotatable bonds is 7. The molecule has 1 aliphatic heterocycles. The summed E-state index contributed by atoms with van der Waals surface area (Å²) in [6.45, 7) is 3.96. The molecule has 0 spiro atoms. The molecule has 0 bridgehead atoms. The fourth-order valence-corrected chi connectivity index (χ4v) is 4.79. The van der Waals surface area contributed by atoms with Crippen LogP contribution in [-0.4, -0.2) is 42.4 Å². The van der Waals surface area contributed by atoms with Gasteiger partial charge in [-0.2, -0.15) is 0 Å². The monoisotopic (exact) mass is 432 g/mol. The summed E-state index contributed by atoms with van der Waals surface area (Å²) in [6, 6.07) is 17.5. The van der Waals surface area contributed by atoms with Crippen molar-refractivity contribution in [1.29, 1.82) is 0 Å². The van der Waals surface area contributed by atoms with E-state index in [0.29, 0.717) is 0 Å². The van der Waals surface area contributed by atoms with Crippen molar-refractivity contribution < 1.29 is 19.1 Å². The third-order valence-corrected chi connectivity index (χ3v) is 6.34. The quantitative estimate of drug-likeness (QED) is 0.538. The minimum atomic E-state index is -0.834. The zero-order valence-electron chi connectivity index (χ0n) is 18.1. The number of nitrogens with one attached hydrogen (secondary N) is 1. The summed E-state index contributed by atoms with van der Waals surface area (Å²) in [6.07, 6.45) is 3.21. The molecule has 32 heavy (non-hydrogen) atoms. The Kier molecular flexibility index (Phi) is 6.40. The van der Waals surface area contributed by atoms with Gasteiger partial charge >= 0.3 is 5.97 Å². The van der Waals surface area contributed by atoms with Crippen LogP contribution in [-0.2, 0) is 19.1 Å². The van der Waals surface area contributed by atoms with E-state index in [-0.39, 0.29) is 24.3 Å². The number of amides is 2. The number of esters is 1. The largest absolute Gasteiger partial charge is 0.469 e. The van der Waals surface area contributed by atoms with E-state index in [0.717, 1.165) is 24.0 Å². The average Bonchev–Trinajstić information content (AvgIpc) is 3.63. The maximum atomic E-state index is 13.6. The highest BCUT2D eigenvalue weighted by molar-refractivity contribution is 5.93. The first kappa shape index (κ1) is 21.8. The van der Waals surface area contributed by atoms with Gasteiger partial charge in [-0.25, -0.2) is 0 Å². The molecule has 1 heterocycles. The fraction of sp³-hybridized carbons (Fsp3) is 0.346. The second-order valence-corrected chi connectivity index (χ2v) is 8.34. The summed E-state index contributed by atoms with van der Waals surface area (Å²) in [5.74, 6) is -2.16. The number of carbonyl (C=O) groups is 3. The number of hydrogen-bond acceptors (Lipinski definition) is 4. The standard InChI is InChI=1S/C26H28N2O4/c1-3-16-27-24(29)23-20(17-10-6-4-7-11-17)21(26(31)32-2)22(18-12-8-5-9-13-18)28(23)25(30)19-14-15-19/h3-13,19-23H,1,14-16H2,2H3,(H,27,29). The van der Waals surface area contributed by atoms with Crippen molar-refractivity contribution in [3.8, 4) is 0 Å². The molecule has 6 nitrogen and oxygen atoms in total. The minimum Gasteiger partial charge on any atom is -0.469 e. The van der Waals surface area contributed by atoms with Crippen LogP contribution in [0, 0.1) is 11.8 Å². The second kappa shape index (κ2) is 9.39. The van der Waals surface area contributed by atoms with Crippen LogP contribution in [0.2, 0.25) is 0 Å². The van der Waals surface area contributed by atoms with Crippen LogP contribution in [0.1, 0.15) is 35.9 Å². The Morgan fingerprint density at radius 3 is 2.16 bits per heavy atom. The van der Waals surface area contributed by atoms with Crippen molar-refractivity contribution in [1.82, 2.24) is 10.2 Å². The fourth-order valence-electron chi connectivity index (χ4n) is 4.79. The Labute approximate surface area is 188 Å². The molecular weight excluding hydrogens is 404 g/mol. The molecule has 4 rings (SSSR count). The number of ether oxygens (including phenoxy) is 1. The van der Waals surface area contributed by atoms with Crippen molar-refractivity contribution in [3.05, 3.63) is 84.4 Å². The molecule has 4 atom stereocenters. The molecule has 1 aliphatic carbocycles. The summed E-state index contributed by atoms with van der Waals surface area (Å²) in [4.78, 5) is 41.9. The van der Waals surface area contributed by atoms with Gasteiger partial charge in [0.1, 0.15) is 6.04 Å². The highest BCUT2D eigenvalue weighted by atomic mass is 16.5. The van der Waals surface area contributed by atoms with Crippen molar-refractivity contribution in [3.63, 3.8) is 0 Å². The molecule has 166 valence electrons. The molecular formula is C26H28N2O4. The van der Waals surface area contributed by atoms with Crippen molar-refractivity contribution >= 4 is 17.8 Å². The van der Waals surface area contributed by atoms with E-state index in [9.17, 15) is 14.4 Å². The van der Waals surface area contributed by atoms with Crippen molar-refractivity contribution in [2.24, 2.45) is 11.8 Å². The molecule has 1 saturated heterocycles. The topological polar surface area (TPSA) is 75.7 Å². The first-order valence-electron chi connectivity index (χ1n) is 11.0. The van der Waals surface area contributed by atoms with Crippen molar-refractivity contribution in [2.45, 2.75) is 30.8 Å². The highest BCUT2D eigenvalue weighted by Crippen LogP contribution is 2.52. The lowest BCUT2D eigenvalue weighted by atomic mass is 9.80. The summed E-state index contributed by atoms with van der Waals surface area (Å²) in [5, 5.41) is 2.86. The molecule has 0 radical (unpaired) electrons. The number of benzene rings is 2.